The Balaban J connectivity index is 1.81. The van der Waals surface area contributed by atoms with Crippen molar-refractivity contribution in [3.05, 3.63) is 86.9 Å². The Labute approximate surface area is 184 Å². The maximum atomic E-state index is 6.58. The van der Waals surface area contributed by atoms with Gasteiger partial charge in [0.1, 0.15) is 5.75 Å². The van der Waals surface area contributed by atoms with Gasteiger partial charge in [0.25, 0.3) is 0 Å². The number of allylic oxidation sites excluding steroid dienone is 1. The molecule has 5 rings (SSSR count). The monoisotopic (exact) mass is 465 g/mol. The minimum Gasteiger partial charge on any atom is -0.480 e. The first-order valence-electron chi connectivity index (χ1n) is 9.69. The van der Waals surface area contributed by atoms with Crippen LogP contribution in [0, 0.1) is 0 Å². The molecule has 0 saturated heterocycles. The Morgan fingerprint density at radius 3 is 2.52 bits per heavy atom. The highest BCUT2D eigenvalue weighted by Gasteiger charge is 2.34. The lowest BCUT2D eigenvalue weighted by atomic mass is 9.80. The topological polar surface area (TPSA) is 21.3 Å². The van der Waals surface area contributed by atoms with E-state index in [9.17, 15) is 0 Å². The molecular weight excluding hydrogens is 446 g/mol. The lowest BCUT2D eigenvalue weighted by molar-refractivity contribution is 0.243. The van der Waals surface area contributed by atoms with Gasteiger partial charge in [-0.3, -0.25) is 0 Å². The molecule has 0 radical (unpaired) electrons. The Bertz CT molecular complexity index is 1160. The number of hydrogen-bond donors (Lipinski definition) is 1. The Morgan fingerprint density at radius 2 is 1.76 bits per heavy atom. The van der Waals surface area contributed by atoms with E-state index < -0.39 is 0 Å². The van der Waals surface area contributed by atoms with Gasteiger partial charge in [-0.25, -0.2) is 0 Å². The summed E-state index contributed by atoms with van der Waals surface area (Å²) in [5, 5.41) is 4.38. The molecule has 0 fully saturated rings. The number of fused-ring (bicyclic) bond motifs is 5. The zero-order chi connectivity index (χ0) is 20.3. The molecule has 0 saturated carbocycles. The van der Waals surface area contributed by atoms with Gasteiger partial charge in [-0.15, -0.1) is 0 Å². The van der Waals surface area contributed by atoms with Gasteiger partial charge in [0, 0.05) is 31.9 Å². The number of rotatable bonds is 1. The minimum atomic E-state index is -0.187. The summed E-state index contributed by atoms with van der Waals surface area (Å²) in [6.45, 7) is 6.57. The van der Waals surface area contributed by atoms with Gasteiger partial charge < -0.3 is 10.1 Å². The maximum Gasteiger partial charge on any atom is 0.150 e. The van der Waals surface area contributed by atoms with Crippen molar-refractivity contribution in [2.75, 3.05) is 5.32 Å². The van der Waals surface area contributed by atoms with Crippen LogP contribution in [0.5, 0.6) is 5.75 Å². The molecule has 0 aromatic heterocycles. The summed E-state index contributed by atoms with van der Waals surface area (Å²) < 4.78 is 7.63. The summed E-state index contributed by atoms with van der Waals surface area (Å²) in [4.78, 5) is 0. The molecule has 0 aliphatic carbocycles. The normalized spacial score (nSPS) is 18.5. The van der Waals surface area contributed by atoms with Crippen LogP contribution in [0.1, 0.15) is 43.6 Å². The Hall–Kier alpha value is -2.23. The number of ether oxygens (including phenoxy) is 1. The fraction of sp³-hybridized carbons (Fsp3) is 0.200. The summed E-state index contributed by atoms with van der Waals surface area (Å²) in [6, 6.07) is 18.6. The SMILES string of the molecule is CC1=CC(C)(C)Nc2ccc3c(c21)[C@@H](c1ccc(Br)cc1)Oc1ccc(Cl)cc1-3. The smallest absolute Gasteiger partial charge is 0.150 e. The molecule has 3 aromatic rings. The molecule has 1 N–H and O–H groups in total. The van der Waals surface area contributed by atoms with Crippen LogP contribution < -0.4 is 10.1 Å². The highest BCUT2D eigenvalue weighted by atomic mass is 79.9. The minimum absolute atomic E-state index is 0.0881. The van der Waals surface area contributed by atoms with Gasteiger partial charge >= 0.3 is 0 Å². The Morgan fingerprint density at radius 1 is 1.00 bits per heavy atom. The van der Waals surface area contributed by atoms with Crippen molar-refractivity contribution in [2.24, 2.45) is 0 Å². The number of anilines is 1. The largest absolute Gasteiger partial charge is 0.480 e. The van der Waals surface area contributed by atoms with Crippen molar-refractivity contribution >= 4 is 38.8 Å². The van der Waals surface area contributed by atoms with Crippen molar-refractivity contribution in [1.29, 1.82) is 0 Å². The van der Waals surface area contributed by atoms with E-state index in [0.29, 0.717) is 5.02 Å². The van der Waals surface area contributed by atoms with Crippen molar-refractivity contribution in [1.82, 2.24) is 0 Å². The van der Waals surface area contributed by atoms with Gasteiger partial charge in [0.05, 0.1) is 5.54 Å². The second-order valence-corrected chi connectivity index (χ2v) is 9.67. The molecule has 146 valence electrons. The zero-order valence-corrected chi connectivity index (χ0v) is 18.9. The first-order chi connectivity index (χ1) is 13.8. The van der Waals surface area contributed by atoms with Crippen LogP contribution in [0.2, 0.25) is 5.02 Å². The van der Waals surface area contributed by atoms with Crippen LogP contribution >= 0.6 is 27.5 Å². The predicted molar refractivity (Wildman–Crippen MR) is 125 cm³/mol. The number of hydrogen-bond acceptors (Lipinski definition) is 2. The molecule has 1 atom stereocenters. The van der Waals surface area contributed by atoms with E-state index in [0.717, 1.165) is 27.0 Å². The van der Waals surface area contributed by atoms with Crippen molar-refractivity contribution in [3.63, 3.8) is 0 Å². The first-order valence-corrected chi connectivity index (χ1v) is 10.9. The summed E-state index contributed by atoms with van der Waals surface area (Å²) in [6.07, 6.45) is 2.11. The number of benzene rings is 3. The Kier molecular flexibility index (Phi) is 4.30. The average molecular weight is 467 g/mol. The van der Waals surface area contributed by atoms with E-state index in [-0.39, 0.29) is 11.6 Å². The van der Waals surface area contributed by atoms with E-state index in [1.807, 2.05) is 18.2 Å². The molecular formula is C25H21BrClNO. The third-order valence-corrected chi connectivity index (χ3v) is 6.35. The van der Waals surface area contributed by atoms with Gasteiger partial charge in [0.15, 0.2) is 6.10 Å². The van der Waals surface area contributed by atoms with E-state index in [4.69, 9.17) is 16.3 Å². The molecule has 4 heteroatoms. The lowest BCUT2D eigenvalue weighted by Gasteiger charge is -2.37. The van der Waals surface area contributed by atoms with Crippen LogP contribution in [0.25, 0.3) is 16.7 Å². The quantitative estimate of drug-likeness (QED) is 0.394. The fourth-order valence-electron chi connectivity index (χ4n) is 4.53. The molecule has 0 spiro atoms. The van der Waals surface area contributed by atoms with Gasteiger partial charge in [-0.05, 0) is 73.9 Å². The molecule has 2 nitrogen and oxygen atoms in total. The predicted octanol–water partition coefficient (Wildman–Crippen LogP) is 7.86. The van der Waals surface area contributed by atoms with E-state index in [1.165, 1.54) is 22.3 Å². The van der Waals surface area contributed by atoms with Crippen LogP contribution in [0.3, 0.4) is 0 Å². The third-order valence-electron chi connectivity index (χ3n) is 5.59. The van der Waals surface area contributed by atoms with Crippen LogP contribution in [-0.4, -0.2) is 5.54 Å². The van der Waals surface area contributed by atoms with Gasteiger partial charge in [0.2, 0.25) is 0 Å². The third kappa shape index (κ3) is 3.17. The van der Waals surface area contributed by atoms with E-state index in [2.05, 4.69) is 84.5 Å². The highest BCUT2D eigenvalue weighted by Crippen LogP contribution is 2.51. The molecule has 2 aliphatic heterocycles. The lowest BCUT2D eigenvalue weighted by Crippen LogP contribution is -2.32. The van der Waals surface area contributed by atoms with Gasteiger partial charge in [-0.1, -0.05) is 51.8 Å². The fourth-order valence-corrected chi connectivity index (χ4v) is 4.96. The van der Waals surface area contributed by atoms with Crippen LogP contribution in [-0.2, 0) is 0 Å². The molecule has 2 aliphatic rings. The second-order valence-electron chi connectivity index (χ2n) is 8.31. The van der Waals surface area contributed by atoms with E-state index >= 15 is 0 Å². The molecule has 29 heavy (non-hydrogen) atoms. The second kappa shape index (κ2) is 6.65. The van der Waals surface area contributed by atoms with Crippen LogP contribution in [0.15, 0.2) is 65.1 Å². The first kappa shape index (κ1) is 18.8. The average Bonchev–Trinajstić information content (AvgIpc) is 2.66. The standard InChI is InChI=1S/C25H21BrClNO/c1-14-13-25(2,3)28-20-10-9-18-19-12-17(27)8-11-21(19)29-24(23(18)22(14)20)15-4-6-16(26)7-5-15/h4-13,24,28H,1-3H3/t24-/m1/s1. The van der Waals surface area contributed by atoms with Crippen molar-refractivity contribution < 1.29 is 4.74 Å². The van der Waals surface area contributed by atoms with Crippen molar-refractivity contribution in [2.45, 2.75) is 32.4 Å². The zero-order valence-electron chi connectivity index (χ0n) is 16.5. The number of halogens is 2. The highest BCUT2D eigenvalue weighted by molar-refractivity contribution is 9.10. The number of nitrogens with one attached hydrogen (secondary N) is 1. The molecule has 0 unspecified atom stereocenters. The molecule has 0 amide bonds. The van der Waals surface area contributed by atoms with Gasteiger partial charge in [-0.2, -0.15) is 0 Å². The summed E-state index contributed by atoms with van der Waals surface area (Å²) in [5.41, 5.74) is 8.07. The van der Waals surface area contributed by atoms with Crippen molar-refractivity contribution in [3.8, 4) is 16.9 Å². The molecule has 0 bridgehead atoms. The summed E-state index contributed by atoms with van der Waals surface area (Å²) >= 11 is 9.88. The summed E-state index contributed by atoms with van der Waals surface area (Å²) in [5.74, 6) is 0.862. The summed E-state index contributed by atoms with van der Waals surface area (Å²) in [7, 11) is 0. The maximum absolute atomic E-state index is 6.58. The van der Waals surface area contributed by atoms with E-state index in [1.54, 1.807) is 0 Å². The molecule has 2 heterocycles. The van der Waals surface area contributed by atoms with Crippen LogP contribution in [0.4, 0.5) is 5.69 Å². The molecule has 3 aromatic carbocycles.